The summed E-state index contributed by atoms with van der Waals surface area (Å²) >= 11 is 1.33. The highest BCUT2D eigenvalue weighted by molar-refractivity contribution is 7.26. The number of thiophene rings is 1. The van der Waals surface area contributed by atoms with Gasteiger partial charge in [0.1, 0.15) is 29.0 Å². The fraction of sp³-hybridized carbons (Fsp3) is 0.538. The summed E-state index contributed by atoms with van der Waals surface area (Å²) in [4.78, 5) is 19.4. The Labute approximate surface area is 314 Å². The van der Waals surface area contributed by atoms with E-state index in [2.05, 4.69) is 11.5 Å². The number of rotatable bonds is 8. The average Bonchev–Trinajstić information content (AvgIpc) is 3.89. The number of fused-ring (bicyclic) bond motifs is 5. The van der Waals surface area contributed by atoms with E-state index in [9.17, 15) is 9.50 Å². The van der Waals surface area contributed by atoms with Crippen molar-refractivity contribution in [2.24, 2.45) is 0 Å². The van der Waals surface area contributed by atoms with E-state index in [4.69, 9.17) is 34.3 Å². The van der Waals surface area contributed by atoms with Gasteiger partial charge < -0.3 is 24.2 Å². The number of pyridine rings is 1. The number of nitrogens with zero attached hydrogens (tertiary/aromatic N) is 7. The van der Waals surface area contributed by atoms with Crippen molar-refractivity contribution in [3.05, 3.63) is 48.3 Å². The fourth-order valence-corrected chi connectivity index (χ4v) is 10.3. The largest absolute Gasteiger partial charge is 0.461 e. The lowest BCUT2D eigenvalue weighted by Crippen LogP contribution is -2.43. The number of anilines is 1. The molecule has 54 heavy (non-hydrogen) atoms. The van der Waals surface area contributed by atoms with Gasteiger partial charge in [-0.1, -0.05) is 6.58 Å². The molecule has 0 amide bonds. The van der Waals surface area contributed by atoms with Gasteiger partial charge in [0.25, 0.3) is 5.92 Å². The molecule has 0 aliphatic carbocycles. The molecule has 1 N–H and O–H groups in total. The van der Waals surface area contributed by atoms with Crippen LogP contribution >= 0.6 is 11.3 Å². The first kappa shape index (κ1) is 35.8. The summed E-state index contributed by atoms with van der Waals surface area (Å²) in [6.45, 7) is 10.2. The zero-order valence-electron chi connectivity index (χ0n) is 30.5. The van der Waals surface area contributed by atoms with Crippen molar-refractivity contribution in [1.29, 1.82) is 0 Å². The first-order chi connectivity index (χ1) is 26.0. The number of β-amino-alcohol motifs (C(OH)–C–C–N with tert-alkyl or cyclic N) is 1. The van der Waals surface area contributed by atoms with Crippen LogP contribution in [-0.4, -0.2) is 105 Å². The second kappa shape index (κ2) is 13.4. The smallest absolute Gasteiger partial charge is 0.319 e. The summed E-state index contributed by atoms with van der Waals surface area (Å²) in [7, 11) is 0. The first-order valence-corrected chi connectivity index (χ1v) is 19.6. The molecule has 4 aliphatic heterocycles. The lowest BCUT2D eigenvalue weighted by Gasteiger charge is -2.31. The minimum Gasteiger partial charge on any atom is -0.461 e. The van der Waals surface area contributed by atoms with Gasteiger partial charge in [0.15, 0.2) is 6.23 Å². The van der Waals surface area contributed by atoms with Crippen LogP contribution in [0.4, 0.5) is 19.0 Å². The van der Waals surface area contributed by atoms with Crippen LogP contribution in [0.25, 0.3) is 42.5 Å². The number of alkyl halides is 3. The standard InChI is InChI=1S/C39H44F3N7O4S/c1-4-39(41,42)31-23(2)16-27-26(18-44-49(27)28-8-5-6-14-52-28)29(31)32-33-25(9-11-43-32)30-34(47-13-15-51-21-37(3,50)20-47)45-36(46-35(30)54-33)53-22-38-10-7-12-48(38)19-24(40)17-38/h4,9,11,16,18,24,28,50H,1,5-8,10,12-15,17,19-22H2,2-3H3/t24-,28?,37-,38+/m1/s1. The third-order valence-corrected chi connectivity index (χ3v) is 12.7. The molecule has 4 aromatic heterocycles. The van der Waals surface area contributed by atoms with E-state index in [-0.39, 0.29) is 43.1 Å². The minimum atomic E-state index is -3.38. The summed E-state index contributed by atoms with van der Waals surface area (Å²) in [5.41, 5.74) is -0.0680. The fourth-order valence-electron chi connectivity index (χ4n) is 9.11. The van der Waals surface area contributed by atoms with Gasteiger partial charge in [-0.3, -0.25) is 9.88 Å². The number of hydrogen-bond acceptors (Lipinski definition) is 11. The number of aryl methyl sites for hydroxylation is 1. The van der Waals surface area contributed by atoms with Crippen LogP contribution in [-0.2, 0) is 15.4 Å². The predicted octanol–water partition coefficient (Wildman–Crippen LogP) is 7.08. The highest BCUT2D eigenvalue weighted by Crippen LogP contribution is 2.49. The van der Waals surface area contributed by atoms with Gasteiger partial charge in [-0.2, -0.15) is 23.8 Å². The van der Waals surface area contributed by atoms with Gasteiger partial charge in [0.2, 0.25) is 0 Å². The lowest BCUT2D eigenvalue weighted by molar-refractivity contribution is -0.0366. The number of benzene rings is 1. The Balaban J connectivity index is 1.24. The van der Waals surface area contributed by atoms with Gasteiger partial charge in [-0.15, -0.1) is 11.3 Å². The van der Waals surface area contributed by atoms with E-state index in [1.807, 2.05) is 11.0 Å². The molecule has 1 aromatic carbocycles. The molecule has 0 spiro atoms. The summed E-state index contributed by atoms with van der Waals surface area (Å²) in [6, 6.07) is 3.74. The van der Waals surface area contributed by atoms with Gasteiger partial charge >= 0.3 is 6.01 Å². The maximum Gasteiger partial charge on any atom is 0.319 e. The Kier molecular flexibility index (Phi) is 8.88. The third-order valence-electron chi connectivity index (χ3n) is 11.5. The van der Waals surface area contributed by atoms with E-state index in [0.717, 1.165) is 44.0 Å². The molecule has 5 aromatic rings. The molecule has 1 unspecified atom stereocenters. The molecule has 4 fully saturated rings. The van der Waals surface area contributed by atoms with Gasteiger partial charge in [-0.05, 0) is 76.3 Å². The number of halogens is 3. The molecule has 4 aliphatic rings. The second-order valence-corrected chi connectivity index (χ2v) is 16.6. The van der Waals surface area contributed by atoms with Crippen LogP contribution in [0.2, 0.25) is 0 Å². The van der Waals surface area contributed by atoms with E-state index < -0.39 is 23.2 Å². The Morgan fingerprint density at radius 1 is 1.19 bits per heavy atom. The highest BCUT2D eigenvalue weighted by atomic mass is 32.1. The van der Waals surface area contributed by atoms with E-state index in [0.29, 0.717) is 81.7 Å². The van der Waals surface area contributed by atoms with Crippen molar-refractivity contribution >= 4 is 48.4 Å². The minimum absolute atomic E-state index is 0.137. The second-order valence-electron chi connectivity index (χ2n) is 15.6. The molecule has 15 heteroatoms. The molecular weight excluding hydrogens is 720 g/mol. The van der Waals surface area contributed by atoms with Crippen LogP contribution in [0.1, 0.15) is 62.8 Å². The van der Waals surface area contributed by atoms with Crippen LogP contribution in [0.3, 0.4) is 0 Å². The van der Waals surface area contributed by atoms with Gasteiger partial charge in [-0.25, -0.2) is 9.07 Å². The topological polar surface area (TPSA) is 111 Å². The van der Waals surface area contributed by atoms with E-state index in [1.54, 1.807) is 37.0 Å². The first-order valence-electron chi connectivity index (χ1n) is 18.8. The van der Waals surface area contributed by atoms with Crippen molar-refractivity contribution in [1.82, 2.24) is 29.6 Å². The van der Waals surface area contributed by atoms with Crippen molar-refractivity contribution in [2.75, 3.05) is 57.5 Å². The third kappa shape index (κ3) is 6.03. The lowest BCUT2D eigenvalue weighted by atomic mass is 9.90. The summed E-state index contributed by atoms with van der Waals surface area (Å²) in [5, 5.41) is 17.9. The van der Waals surface area contributed by atoms with Crippen molar-refractivity contribution in [3.63, 3.8) is 0 Å². The molecule has 0 saturated carbocycles. The average molecular weight is 764 g/mol. The van der Waals surface area contributed by atoms with Crippen molar-refractivity contribution in [3.8, 4) is 17.3 Å². The maximum atomic E-state index is 16.1. The van der Waals surface area contributed by atoms with Crippen LogP contribution in [0.5, 0.6) is 6.01 Å². The summed E-state index contributed by atoms with van der Waals surface area (Å²) in [6.07, 6.45) is 7.64. The Morgan fingerprint density at radius 3 is 2.87 bits per heavy atom. The molecule has 11 nitrogen and oxygen atoms in total. The van der Waals surface area contributed by atoms with E-state index >= 15 is 8.78 Å². The zero-order valence-corrected chi connectivity index (χ0v) is 31.3. The number of hydrogen-bond donors (Lipinski definition) is 1. The van der Waals surface area contributed by atoms with Crippen molar-refractivity contribution in [2.45, 2.75) is 81.8 Å². The highest BCUT2D eigenvalue weighted by Gasteiger charge is 2.49. The number of ether oxygens (including phenoxy) is 3. The number of aliphatic hydroxyl groups is 1. The zero-order chi connectivity index (χ0) is 37.4. The Bertz CT molecular complexity index is 2260. The van der Waals surface area contributed by atoms with E-state index in [1.165, 1.54) is 11.3 Å². The maximum absolute atomic E-state index is 16.1. The molecule has 8 heterocycles. The molecule has 4 atom stereocenters. The molecule has 9 rings (SSSR count). The quantitative estimate of drug-likeness (QED) is 0.165. The van der Waals surface area contributed by atoms with Gasteiger partial charge in [0.05, 0.1) is 52.8 Å². The van der Waals surface area contributed by atoms with Crippen molar-refractivity contribution < 1.29 is 32.5 Å². The predicted molar refractivity (Wildman–Crippen MR) is 201 cm³/mol. The molecule has 286 valence electrons. The van der Waals surface area contributed by atoms with Crippen LogP contribution < -0.4 is 9.64 Å². The van der Waals surface area contributed by atoms with Crippen LogP contribution in [0.15, 0.2) is 37.2 Å². The monoisotopic (exact) mass is 763 g/mol. The number of allylic oxidation sites excluding steroid dienone is 1. The molecule has 0 bridgehead atoms. The molecule has 4 saturated heterocycles. The normalized spacial score (nSPS) is 26.9. The number of aromatic nitrogens is 5. The Hall–Kier alpha value is -3.89. The molecule has 0 radical (unpaired) electrons. The van der Waals surface area contributed by atoms with Crippen LogP contribution in [0, 0.1) is 6.92 Å². The van der Waals surface area contributed by atoms with Gasteiger partial charge in [0, 0.05) is 54.2 Å². The molecular formula is C39H44F3N7O4S. The summed E-state index contributed by atoms with van der Waals surface area (Å²) < 4.78 is 67.5. The summed E-state index contributed by atoms with van der Waals surface area (Å²) in [5.74, 6) is -2.85. The Morgan fingerprint density at radius 2 is 2.06 bits per heavy atom. The SMILES string of the molecule is C=CC(F)(F)c1c(C)cc2c(cnn2C2CCCCO2)c1-c1nccc2c1sc1nc(OC[C@@]34CCCN3C[C@H](F)C4)nc(N3CCOC[C@](C)(O)C3)c12.